The van der Waals surface area contributed by atoms with Gasteiger partial charge in [-0.15, -0.1) is 11.3 Å². The Morgan fingerprint density at radius 3 is 3.00 bits per heavy atom. The molecule has 0 amide bonds. The summed E-state index contributed by atoms with van der Waals surface area (Å²) in [5.41, 5.74) is 0.624. The number of hydrogen-bond donors (Lipinski definition) is 1. The lowest BCUT2D eigenvalue weighted by molar-refractivity contribution is 0.177. The van der Waals surface area contributed by atoms with E-state index in [1.807, 2.05) is 5.38 Å². The molecule has 1 unspecified atom stereocenters. The molecule has 1 N–H and O–H groups in total. The van der Waals surface area contributed by atoms with E-state index in [0.717, 1.165) is 5.01 Å². The van der Waals surface area contributed by atoms with Crippen LogP contribution in [-0.2, 0) is 6.42 Å². The highest BCUT2D eigenvalue weighted by Gasteiger charge is 2.13. The van der Waals surface area contributed by atoms with Gasteiger partial charge in [0.2, 0.25) is 0 Å². The second-order valence-electron chi connectivity index (χ2n) is 3.54. The largest absolute Gasteiger partial charge is 0.494 e. The van der Waals surface area contributed by atoms with Gasteiger partial charge in [0.15, 0.2) is 11.6 Å². The van der Waals surface area contributed by atoms with Crippen LogP contribution in [0.2, 0.25) is 0 Å². The SMILES string of the molecule is COc1cc(C(O)Cc2nccs2)ccc1F. The molecule has 0 saturated heterocycles. The molecule has 1 atom stereocenters. The van der Waals surface area contributed by atoms with Crippen molar-refractivity contribution in [3.05, 3.63) is 46.2 Å². The molecule has 1 aromatic heterocycles. The minimum atomic E-state index is -0.698. The summed E-state index contributed by atoms with van der Waals surface area (Å²) in [5, 5.41) is 12.7. The summed E-state index contributed by atoms with van der Waals surface area (Å²) in [5.74, 6) is -0.293. The average Bonchev–Trinajstić information content (AvgIpc) is 2.82. The Labute approximate surface area is 103 Å². The molecule has 0 aliphatic rings. The summed E-state index contributed by atoms with van der Waals surface area (Å²) in [6.07, 6.45) is 1.42. The first-order valence-electron chi connectivity index (χ1n) is 5.10. The van der Waals surface area contributed by atoms with Crippen molar-refractivity contribution >= 4 is 11.3 Å². The van der Waals surface area contributed by atoms with Crippen LogP contribution < -0.4 is 4.74 Å². The van der Waals surface area contributed by atoms with Crippen molar-refractivity contribution in [2.75, 3.05) is 7.11 Å². The number of methoxy groups -OCH3 is 1. The number of benzene rings is 1. The number of aromatic nitrogens is 1. The Morgan fingerprint density at radius 1 is 1.53 bits per heavy atom. The van der Waals surface area contributed by atoms with E-state index in [1.54, 1.807) is 12.3 Å². The van der Waals surface area contributed by atoms with Crippen LogP contribution in [0.15, 0.2) is 29.8 Å². The predicted molar refractivity (Wildman–Crippen MR) is 63.7 cm³/mol. The molecular weight excluding hydrogens is 241 g/mol. The fraction of sp³-hybridized carbons (Fsp3) is 0.250. The maximum atomic E-state index is 13.2. The van der Waals surface area contributed by atoms with E-state index >= 15 is 0 Å². The monoisotopic (exact) mass is 253 g/mol. The highest BCUT2D eigenvalue weighted by molar-refractivity contribution is 7.09. The first-order valence-corrected chi connectivity index (χ1v) is 5.98. The average molecular weight is 253 g/mol. The van der Waals surface area contributed by atoms with Gasteiger partial charge in [0.1, 0.15) is 0 Å². The molecular formula is C12H12FNO2S. The third-order valence-corrected chi connectivity index (χ3v) is 3.21. The zero-order valence-corrected chi connectivity index (χ0v) is 10.1. The molecule has 0 bridgehead atoms. The van der Waals surface area contributed by atoms with Crippen LogP contribution in [0, 0.1) is 5.82 Å². The van der Waals surface area contributed by atoms with Crippen LogP contribution in [0.25, 0.3) is 0 Å². The molecule has 0 aliphatic heterocycles. The van der Waals surface area contributed by atoms with E-state index in [9.17, 15) is 9.50 Å². The number of ether oxygens (including phenoxy) is 1. The Bertz CT molecular complexity index is 487. The van der Waals surface area contributed by atoms with Gasteiger partial charge in [-0.05, 0) is 17.7 Å². The number of hydrogen-bond acceptors (Lipinski definition) is 4. The summed E-state index contributed by atoms with van der Waals surface area (Å²) in [6, 6.07) is 4.35. The zero-order valence-electron chi connectivity index (χ0n) is 9.26. The van der Waals surface area contributed by atoms with Gasteiger partial charge >= 0.3 is 0 Å². The molecule has 0 spiro atoms. The summed E-state index contributed by atoms with van der Waals surface area (Å²) >= 11 is 1.48. The number of thiazole rings is 1. The van der Waals surface area contributed by atoms with E-state index in [4.69, 9.17) is 4.74 Å². The minimum absolute atomic E-state index is 0.140. The van der Waals surface area contributed by atoms with Gasteiger partial charge in [0, 0.05) is 18.0 Å². The summed E-state index contributed by atoms with van der Waals surface area (Å²) < 4.78 is 18.1. The maximum Gasteiger partial charge on any atom is 0.165 e. The van der Waals surface area contributed by atoms with Gasteiger partial charge in [-0.1, -0.05) is 6.07 Å². The Balaban J connectivity index is 2.16. The Hall–Kier alpha value is -1.46. The molecule has 3 nitrogen and oxygen atoms in total. The molecule has 5 heteroatoms. The van der Waals surface area contributed by atoms with Crippen LogP contribution >= 0.6 is 11.3 Å². The molecule has 0 radical (unpaired) electrons. The summed E-state index contributed by atoms with van der Waals surface area (Å²) in [4.78, 5) is 4.10. The molecule has 17 heavy (non-hydrogen) atoms. The van der Waals surface area contributed by atoms with Crippen LogP contribution in [0.4, 0.5) is 4.39 Å². The number of nitrogens with zero attached hydrogens (tertiary/aromatic N) is 1. The van der Waals surface area contributed by atoms with E-state index in [-0.39, 0.29) is 5.75 Å². The normalized spacial score (nSPS) is 12.4. The molecule has 1 aromatic carbocycles. The van der Waals surface area contributed by atoms with Gasteiger partial charge in [-0.2, -0.15) is 0 Å². The minimum Gasteiger partial charge on any atom is -0.494 e. The van der Waals surface area contributed by atoms with Crippen molar-refractivity contribution in [3.8, 4) is 5.75 Å². The highest BCUT2D eigenvalue weighted by Crippen LogP contribution is 2.25. The molecule has 0 saturated carbocycles. The quantitative estimate of drug-likeness (QED) is 0.910. The van der Waals surface area contributed by atoms with Crippen LogP contribution in [0.5, 0.6) is 5.75 Å². The van der Waals surface area contributed by atoms with Crippen LogP contribution in [0.1, 0.15) is 16.7 Å². The van der Waals surface area contributed by atoms with E-state index < -0.39 is 11.9 Å². The smallest absolute Gasteiger partial charge is 0.165 e. The van der Waals surface area contributed by atoms with Crippen LogP contribution in [0.3, 0.4) is 0 Å². The van der Waals surface area contributed by atoms with Gasteiger partial charge in [0.25, 0.3) is 0 Å². The summed E-state index contributed by atoms with van der Waals surface area (Å²) in [7, 11) is 1.40. The van der Waals surface area contributed by atoms with E-state index in [2.05, 4.69) is 4.98 Å². The molecule has 2 aromatic rings. The summed E-state index contributed by atoms with van der Waals surface area (Å²) in [6.45, 7) is 0. The molecule has 2 rings (SSSR count). The standard InChI is InChI=1S/C12H12FNO2S/c1-16-11-6-8(2-3-9(11)13)10(15)7-12-14-4-5-17-12/h2-6,10,15H,7H2,1H3. The lowest BCUT2D eigenvalue weighted by Gasteiger charge is -2.11. The topological polar surface area (TPSA) is 42.4 Å². The third-order valence-electron chi connectivity index (χ3n) is 2.41. The van der Waals surface area contributed by atoms with Crippen molar-refractivity contribution in [2.24, 2.45) is 0 Å². The van der Waals surface area contributed by atoms with E-state index in [0.29, 0.717) is 12.0 Å². The predicted octanol–water partition coefficient (Wildman–Crippen LogP) is 2.57. The lowest BCUT2D eigenvalue weighted by Crippen LogP contribution is -2.02. The second-order valence-corrected chi connectivity index (χ2v) is 4.52. The Kier molecular flexibility index (Phi) is 3.71. The van der Waals surface area contributed by atoms with Crippen molar-refractivity contribution in [1.82, 2.24) is 4.98 Å². The fourth-order valence-corrected chi connectivity index (χ4v) is 2.18. The van der Waals surface area contributed by atoms with Crippen LogP contribution in [-0.4, -0.2) is 17.2 Å². The third kappa shape index (κ3) is 2.81. The first kappa shape index (κ1) is 12.0. The van der Waals surface area contributed by atoms with Gasteiger partial charge in [-0.3, -0.25) is 0 Å². The van der Waals surface area contributed by atoms with Gasteiger partial charge < -0.3 is 9.84 Å². The Morgan fingerprint density at radius 2 is 2.35 bits per heavy atom. The molecule has 0 aliphatic carbocycles. The zero-order chi connectivity index (χ0) is 12.3. The number of halogens is 1. The van der Waals surface area contributed by atoms with Crippen molar-refractivity contribution in [2.45, 2.75) is 12.5 Å². The maximum absolute atomic E-state index is 13.2. The number of aliphatic hydroxyl groups excluding tert-OH is 1. The van der Waals surface area contributed by atoms with Crippen molar-refractivity contribution < 1.29 is 14.2 Å². The van der Waals surface area contributed by atoms with Gasteiger partial charge in [0.05, 0.1) is 18.2 Å². The fourth-order valence-electron chi connectivity index (χ4n) is 1.52. The second kappa shape index (κ2) is 5.25. The van der Waals surface area contributed by atoms with Crippen molar-refractivity contribution in [3.63, 3.8) is 0 Å². The highest BCUT2D eigenvalue weighted by atomic mass is 32.1. The number of aliphatic hydroxyl groups is 1. The molecule has 90 valence electrons. The molecule has 0 fully saturated rings. The first-order chi connectivity index (χ1) is 8.20. The molecule has 1 heterocycles. The number of rotatable bonds is 4. The van der Waals surface area contributed by atoms with Crippen molar-refractivity contribution in [1.29, 1.82) is 0 Å². The van der Waals surface area contributed by atoms with Gasteiger partial charge in [-0.25, -0.2) is 9.37 Å². The van der Waals surface area contributed by atoms with E-state index in [1.165, 1.54) is 30.6 Å². The lowest BCUT2D eigenvalue weighted by atomic mass is 10.1.